The van der Waals surface area contributed by atoms with E-state index in [9.17, 15) is 4.79 Å². The lowest BCUT2D eigenvalue weighted by atomic mass is 10.2. The number of ether oxygens (including phenoxy) is 2. The molecule has 3 aromatic rings. The first-order valence-corrected chi connectivity index (χ1v) is 8.80. The van der Waals surface area contributed by atoms with Crippen LogP contribution in [-0.2, 0) is 6.54 Å². The second-order valence-electron chi connectivity index (χ2n) is 5.79. The lowest BCUT2D eigenvalue weighted by molar-refractivity contribution is 0.0945. The van der Waals surface area contributed by atoms with Crippen LogP contribution in [0.2, 0.25) is 5.02 Å². The summed E-state index contributed by atoms with van der Waals surface area (Å²) < 4.78 is 10.4. The van der Waals surface area contributed by atoms with Crippen LogP contribution >= 0.6 is 11.6 Å². The van der Waals surface area contributed by atoms with Crippen LogP contribution in [-0.4, -0.2) is 30.1 Å². The number of hydrogen-bond acceptors (Lipinski definition) is 6. The van der Waals surface area contributed by atoms with Crippen LogP contribution in [0, 0.1) is 0 Å². The van der Waals surface area contributed by atoms with Gasteiger partial charge in [0.2, 0.25) is 0 Å². The molecule has 0 radical (unpaired) electrons. The summed E-state index contributed by atoms with van der Waals surface area (Å²) in [6, 6.07) is 12.6. The average Bonchev–Trinajstić information content (AvgIpc) is 2.73. The molecule has 1 amide bonds. The second-order valence-corrected chi connectivity index (χ2v) is 6.22. The quantitative estimate of drug-likeness (QED) is 0.629. The summed E-state index contributed by atoms with van der Waals surface area (Å²) in [7, 11) is 3.17. The summed E-state index contributed by atoms with van der Waals surface area (Å²) in [6.45, 7) is 0.379. The van der Waals surface area contributed by atoms with E-state index < -0.39 is 0 Å². The highest BCUT2D eigenvalue weighted by Crippen LogP contribution is 2.29. The SMILES string of the molecule is COc1ccc(CNC(=O)c2cnc(Nc3cc(Cl)ccc3OC)cn2)cc1. The summed E-state index contributed by atoms with van der Waals surface area (Å²) in [5.74, 6) is 1.54. The number of amides is 1. The van der Waals surface area contributed by atoms with Crippen molar-refractivity contribution in [1.29, 1.82) is 0 Å². The van der Waals surface area contributed by atoms with E-state index in [-0.39, 0.29) is 11.6 Å². The van der Waals surface area contributed by atoms with Crippen LogP contribution in [0.15, 0.2) is 54.9 Å². The number of carbonyl (C=O) groups is 1. The third kappa shape index (κ3) is 4.89. The van der Waals surface area contributed by atoms with Crippen molar-refractivity contribution >= 4 is 29.0 Å². The molecule has 144 valence electrons. The Bertz CT molecular complexity index is 947. The van der Waals surface area contributed by atoms with Gasteiger partial charge in [-0.1, -0.05) is 23.7 Å². The molecule has 3 rings (SSSR count). The Labute approximate surface area is 167 Å². The molecule has 0 aliphatic heterocycles. The molecular weight excluding hydrogens is 380 g/mol. The zero-order valence-electron chi connectivity index (χ0n) is 15.4. The number of carbonyl (C=O) groups excluding carboxylic acids is 1. The first-order valence-electron chi connectivity index (χ1n) is 8.43. The fourth-order valence-electron chi connectivity index (χ4n) is 2.44. The molecule has 0 fully saturated rings. The van der Waals surface area contributed by atoms with Crippen LogP contribution in [0.1, 0.15) is 16.1 Å². The van der Waals surface area contributed by atoms with Gasteiger partial charge >= 0.3 is 0 Å². The number of anilines is 2. The molecule has 0 aliphatic rings. The van der Waals surface area contributed by atoms with Crippen molar-refractivity contribution in [2.75, 3.05) is 19.5 Å². The molecule has 0 aliphatic carbocycles. The van der Waals surface area contributed by atoms with E-state index in [0.29, 0.717) is 28.8 Å². The van der Waals surface area contributed by atoms with Gasteiger partial charge in [-0.25, -0.2) is 9.97 Å². The van der Waals surface area contributed by atoms with Gasteiger partial charge in [-0.05, 0) is 35.9 Å². The van der Waals surface area contributed by atoms with Crippen molar-refractivity contribution in [2.45, 2.75) is 6.54 Å². The number of methoxy groups -OCH3 is 2. The van der Waals surface area contributed by atoms with Gasteiger partial charge in [0.15, 0.2) is 0 Å². The maximum Gasteiger partial charge on any atom is 0.271 e. The van der Waals surface area contributed by atoms with Crippen LogP contribution in [0.3, 0.4) is 0 Å². The van der Waals surface area contributed by atoms with Gasteiger partial charge < -0.3 is 20.1 Å². The smallest absolute Gasteiger partial charge is 0.271 e. The molecule has 0 saturated heterocycles. The molecular formula is C20H19ClN4O3. The number of nitrogens with zero attached hydrogens (tertiary/aromatic N) is 2. The Morgan fingerprint density at radius 3 is 2.46 bits per heavy atom. The maximum absolute atomic E-state index is 12.3. The Morgan fingerprint density at radius 1 is 1.04 bits per heavy atom. The molecule has 28 heavy (non-hydrogen) atoms. The number of rotatable bonds is 7. The predicted octanol–water partition coefficient (Wildman–Crippen LogP) is 3.82. The van der Waals surface area contributed by atoms with Crippen molar-refractivity contribution in [3.05, 3.63) is 71.1 Å². The topological polar surface area (TPSA) is 85.4 Å². The average molecular weight is 399 g/mol. The number of halogens is 1. The van der Waals surface area contributed by atoms with Crippen LogP contribution in [0.5, 0.6) is 11.5 Å². The first-order chi connectivity index (χ1) is 13.6. The van der Waals surface area contributed by atoms with E-state index in [2.05, 4.69) is 20.6 Å². The van der Waals surface area contributed by atoms with Crippen molar-refractivity contribution in [2.24, 2.45) is 0 Å². The van der Waals surface area contributed by atoms with Crippen molar-refractivity contribution in [1.82, 2.24) is 15.3 Å². The fourth-order valence-corrected chi connectivity index (χ4v) is 2.61. The molecule has 8 heteroatoms. The van der Waals surface area contributed by atoms with Gasteiger partial charge in [-0.15, -0.1) is 0 Å². The number of aromatic nitrogens is 2. The number of nitrogens with one attached hydrogen (secondary N) is 2. The molecule has 0 saturated carbocycles. The molecule has 0 bridgehead atoms. The normalized spacial score (nSPS) is 10.2. The summed E-state index contributed by atoms with van der Waals surface area (Å²) in [5, 5.41) is 6.44. The zero-order chi connectivity index (χ0) is 19.9. The monoisotopic (exact) mass is 398 g/mol. The van der Waals surface area contributed by atoms with E-state index >= 15 is 0 Å². The van der Waals surface area contributed by atoms with Crippen LogP contribution in [0.25, 0.3) is 0 Å². The minimum absolute atomic E-state index is 0.220. The highest BCUT2D eigenvalue weighted by atomic mass is 35.5. The van der Waals surface area contributed by atoms with E-state index in [1.165, 1.54) is 12.4 Å². The highest BCUT2D eigenvalue weighted by Gasteiger charge is 2.10. The molecule has 7 nitrogen and oxygen atoms in total. The van der Waals surface area contributed by atoms with Crippen molar-refractivity contribution < 1.29 is 14.3 Å². The molecule has 2 N–H and O–H groups in total. The van der Waals surface area contributed by atoms with E-state index in [4.69, 9.17) is 21.1 Å². The summed E-state index contributed by atoms with van der Waals surface area (Å²) >= 11 is 6.02. The van der Waals surface area contributed by atoms with Gasteiger partial charge in [-0.3, -0.25) is 4.79 Å². The minimum Gasteiger partial charge on any atom is -0.497 e. The summed E-state index contributed by atoms with van der Waals surface area (Å²) in [4.78, 5) is 20.6. The van der Waals surface area contributed by atoms with Gasteiger partial charge in [0, 0.05) is 11.6 Å². The molecule has 0 unspecified atom stereocenters. The standard InChI is InChI=1S/C20H19ClN4O3/c1-27-15-6-3-13(4-7-15)10-24-20(26)17-11-23-19(12-22-17)25-16-9-14(21)5-8-18(16)28-2/h3-9,11-12H,10H2,1-2H3,(H,23,25)(H,24,26). The third-order valence-electron chi connectivity index (χ3n) is 3.92. The molecule has 0 spiro atoms. The van der Waals surface area contributed by atoms with E-state index in [1.807, 2.05) is 24.3 Å². The minimum atomic E-state index is -0.310. The molecule has 2 aromatic carbocycles. The number of benzene rings is 2. The lowest BCUT2D eigenvalue weighted by Crippen LogP contribution is -2.24. The zero-order valence-corrected chi connectivity index (χ0v) is 16.2. The van der Waals surface area contributed by atoms with Gasteiger partial charge in [-0.2, -0.15) is 0 Å². The number of hydrogen-bond donors (Lipinski definition) is 2. The maximum atomic E-state index is 12.3. The third-order valence-corrected chi connectivity index (χ3v) is 4.16. The fraction of sp³-hybridized carbons (Fsp3) is 0.150. The van der Waals surface area contributed by atoms with E-state index in [0.717, 1.165) is 11.3 Å². The van der Waals surface area contributed by atoms with Crippen LogP contribution < -0.4 is 20.1 Å². The lowest BCUT2D eigenvalue weighted by Gasteiger charge is -2.11. The predicted molar refractivity (Wildman–Crippen MR) is 107 cm³/mol. The molecule has 1 heterocycles. The van der Waals surface area contributed by atoms with Gasteiger partial charge in [0.05, 0.1) is 32.3 Å². The first kappa shape index (κ1) is 19.4. The largest absolute Gasteiger partial charge is 0.497 e. The Morgan fingerprint density at radius 2 is 1.82 bits per heavy atom. The summed E-state index contributed by atoms with van der Waals surface area (Å²) in [5.41, 5.74) is 1.83. The van der Waals surface area contributed by atoms with Gasteiger partial charge in [0.25, 0.3) is 5.91 Å². The van der Waals surface area contributed by atoms with Gasteiger partial charge in [0.1, 0.15) is 23.0 Å². The second kappa shape index (κ2) is 9.05. The Hall–Kier alpha value is -3.32. The molecule has 0 atom stereocenters. The Kier molecular flexibility index (Phi) is 6.29. The van der Waals surface area contributed by atoms with Crippen LogP contribution in [0.4, 0.5) is 11.5 Å². The van der Waals surface area contributed by atoms with E-state index in [1.54, 1.807) is 32.4 Å². The summed E-state index contributed by atoms with van der Waals surface area (Å²) in [6.07, 6.45) is 2.88. The Balaban J connectivity index is 1.61. The van der Waals surface area contributed by atoms with Crippen molar-refractivity contribution in [3.8, 4) is 11.5 Å². The van der Waals surface area contributed by atoms with Crippen molar-refractivity contribution in [3.63, 3.8) is 0 Å². The molecule has 1 aromatic heterocycles. The highest BCUT2D eigenvalue weighted by molar-refractivity contribution is 6.31.